The zero-order chi connectivity index (χ0) is 20.9. The number of ether oxygens (including phenoxy) is 1. The molecule has 1 aliphatic heterocycles. The van der Waals surface area contributed by atoms with Gasteiger partial charge in [-0.2, -0.15) is 0 Å². The molecule has 0 bridgehead atoms. The minimum atomic E-state index is 0.243. The van der Waals surface area contributed by atoms with Crippen LogP contribution in [0.4, 0.5) is 0 Å². The number of rotatable bonds is 3. The smallest absolute Gasteiger partial charge is 0.106 e. The molecule has 1 fully saturated rings. The number of fused-ring (bicyclic) bond motifs is 3. The summed E-state index contributed by atoms with van der Waals surface area (Å²) in [6, 6.07) is 27.9. The molecule has 5 aromatic rings. The molecule has 1 atom stereocenters. The summed E-state index contributed by atoms with van der Waals surface area (Å²) in [6.45, 7) is 4.93. The first-order chi connectivity index (χ1) is 15.2. The van der Waals surface area contributed by atoms with Crippen LogP contribution in [0.1, 0.15) is 23.1 Å². The summed E-state index contributed by atoms with van der Waals surface area (Å²) < 4.78 is 5.50. The quantitative estimate of drug-likeness (QED) is 0.246. The molecule has 0 aliphatic carbocycles. The maximum Gasteiger partial charge on any atom is 0.106 e. The Morgan fingerprint density at radius 2 is 1.26 bits per heavy atom. The lowest BCUT2D eigenvalue weighted by atomic mass is 9.94. The molecule has 1 saturated heterocycles. The fourth-order valence-corrected chi connectivity index (χ4v) is 4.47. The van der Waals surface area contributed by atoms with Gasteiger partial charge in [0, 0.05) is 22.2 Å². The van der Waals surface area contributed by atoms with E-state index in [1.807, 2.05) is 6.07 Å². The Bertz CT molecular complexity index is 1450. The average molecular weight is 402 g/mol. The van der Waals surface area contributed by atoms with Crippen LogP contribution in [0.5, 0.6) is 0 Å². The predicted octanol–water partition coefficient (Wildman–Crippen LogP) is 6.81. The second-order valence-electron chi connectivity index (χ2n) is 8.29. The molecule has 3 nitrogen and oxygen atoms in total. The van der Waals surface area contributed by atoms with Crippen molar-refractivity contribution < 1.29 is 4.74 Å². The van der Waals surface area contributed by atoms with Crippen molar-refractivity contribution in [3.05, 3.63) is 95.8 Å². The fourth-order valence-electron chi connectivity index (χ4n) is 4.47. The molecule has 0 N–H and O–H groups in total. The monoisotopic (exact) mass is 402 g/mol. The van der Waals surface area contributed by atoms with E-state index in [0.717, 1.165) is 39.8 Å². The second-order valence-corrected chi connectivity index (χ2v) is 8.29. The third-order valence-corrected chi connectivity index (χ3v) is 6.00. The van der Waals surface area contributed by atoms with Crippen LogP contribution in [0, 0.1) is 13.8 Å². The summed E-state index contributed by atoms with van der Waals surface area (Å²) in [4.78, 5) is 9.89. The van der Waals surface area contributed by atoms with Gasteiger partial charge in [-0.25, -0.2) is 0 Å². The van der Waals surface area contributed by atoms with Crippen molar-refractivity contribution in [1.29, 1.82) is 0 Å². The molecule has 6 rings (SSSR count). The second kappa shape index (κ2) is 7.00. The van der Waals surface area contributed by atoms with Crippen molar-refractivity contribution in [2.45, 2.75) is 20.0 Å². The Morgan fingerprint density at radius 1 is 0.677 bits per heavy atom. The molecule has 3 heterocycles. The van der Waals surface area contributed by atoms with E-state index in [0.29, 0.717) is 0 Å². The minimum absolute atomic E-state index is 0.243. The van der Waals surface area contributed by atoms with E-state index in [2.05, 4.69) is 86.6 Å². The number of pyridine rings is 2. The molecule has 31 heavy (non-hydrogen) atoms. The molecule has 2 aromatic heterocycles. The molecule has 0 saturated carbocycles. The number of aromatic nitrogens is 2. The van der Waals surface area contributed by atoms with E-state index in [4.69, 9.17) is 14.7 Å². The van der Waals surface area contributed by atoms with Gasteiger partial charge >= 0.3 is 0 Å². The summed E-state index contributed by atoms with van der Waals surface area (Å²) in [5.41, 5.74) is 9.93. The zero-order valence-corrected chi connectivity index (χ0v) is 17.6. The molecule has 0 amide bonds. The van der Waals surface area contributed by atoms with Gasteiger partial charge in [0.05, 0.1) is 17.6 Å². The SMILES string of the molecule is Cc1cc(-c2ccccc2)c2ccc3c(-c4cccc(C5CO5)c4)cc(C)nc3c2n1. The molecule has 150 valence electrons. The van der Waals surface area contributed by atoms with Gasteiger partial charge in [-0.1, -0.05) is 60.7 Å². The Hall–Kier alpha value is -3.56. The highest BCUT2D eigenvalue weighted by Crippen LogP contribution is 2.38. The summed E-state index contributed by atoms with van der Waals surface area (Å²) >= 11 is 0. The van der Waals surface area contributed by atoms with Gasteiger partial charge in [0.1, 0.15) is 6.10 Å². The van der Waals surface area contributed by atoms with Gasteiger partial charge in [0.2, 0.25) is 0 Å². The Morgan fingerprint density at radius 3 is 1.87 bits per heavy atom. The van der Waals surface area contributed by atoms with Crippen molar-refractivity contribution in [3.63, 3.8) is 0 Å². The minimum Gasteiger partial charge on any atom is -0.368 e. The third kappa shape index (κ3) is 3.18. The molecule has 3 aromatic carbocycles. The first kappa shape index (κ1) is 18.2. The Kier molecular flexibility index (Phi) is 4.12. The van der Waals surface area contributed by atoms with Crippen LogP contribution >= 0.6 is 0 Å². The van der Waals surface area contributed by atoms with Crippen LogP contribution in [0.3, 0.4) is 0 Å². The van der Waals surface area contributed by atoms with Gasteiger partial charge < -0.3 is 4.74 Å². The third-order valence-electron chi connectivity index (χ3n) is 6.00. The van der Waals surface area contributed by atoms with E-state index in [1.165, 1.54) is 27.8 Å². The Balaban J connectivity index is 1.64. The van der Waals surface area contributed by atoms with Crippen LogP contribution < -0.4 is 0 Å². The lowest BCUT2D eigenvalue weighted by Gasteiger charge is -2.14. The van der Waals surface area contributed by atoms with Gasteiger partial charge in [-0.05, 0) is 59.9 Å². The van der Waals surface area contributed by atoms with Crippen molar-refractivity contribution >= 4 is 21.8 Å². The summed E-state index contributed by atoms with van der Waals surface area (Å²) in [5, 5.41) is 2.26. The summed E-state index contributed by atoms with van der Waals surface area (Å²) in [5.74, 6) is 0. The van der Waals surface area contributed by atoms with Crippen LogP contribution in [-0.2, 0) is 4.74 Å². The van der Waals surface area contributed by atoms with Gasteiger partial charge in [0.25, 0.3) is 0 Å². The molecule has 1 unspecified atom stereocenters. The lowest BCUT2D eigenvalue weighted by molar-refractivity contribution is 0.415. The van der Waals surface area contributed by atoms with Crippen molar-refractivity contribution in [2.75, 3.05) is 6.61 Å². The molecular weight excluding hydrogens is 380 g/mol. The maximum absolute atomic E-state index is 5.50. The summed E-state index contributed by atoms with van der Waals surface area (Å²) in [6.07, 6.45) is 0.243. The predicted molar refractivity (Wildman–Crippen MR) is 126 cm³/mol. The van der Waals surface area contributed by atoms with Crippen molar-refractivity contribution in [2.24, 2.45) is 0 Å². The van der Waals surface area contributed by atoms with Gasteiger partial charge in [0.15, 0.2) is 0 Å². The van der Waals surface area contributed by atoms with E-state index in [9.17, 15) is 0 Å². The van der Waals surface area contributed by atoms with E-state index in [1.54, 1.807) is 0 Å². The molecule has 3 heteroatoms. The number of nitrogens with zero attached hydrogens (tertiary/aromatic N) is 2. The van der Waals surface area contributed by atoms with Crippen LogP contribution in [0.2, 0.25) is 0 Å². The van der Waals surface area contributed by atoms with Crippen LogP contribution in [-0.4, -0.2) is 16.6 Å². The molecule has 1 aliphatic rings. The largest absolute Gasteiger partial charge is 0.368 e. The number of hydrogen-bond donors (Lipinski definition) is 0. The first-order valence-electron chi connectivity index (χ1n) is 10.7. The standard InChI is InChI=1S/C28H22N2O/c1-17-13-24(19-7-4-3-5-8-19)22-11-12-23-25(14-18(2)30-28(23)27(22)29-17)20-9-6-10-21(15-20)26-16-31-26/h3-15,26H,16H2,1-2H3. The zero-order valence-electron chi connectivity index (χ0n) is 17.6. The highest BCUT2D eigenvalue weighted by atomic mass is 16.6. The van der Waals surface area contributed by atoms with E-state index < -0.39 is 0 Å². The highest BCUT2D eigenvalue weighted by molar-refractivity contribution is 6.12. The number of hydrogen-bond acceptors (Lipinski definition) is 3. The fraction of sp³-hybridized carbons (Fsp3) is 0.143. The molecule has 0 radical (unpaired) electrons. The Labute approximate surface area is 181 Å². The molecule has 0 spiro atoms. The van der Waals surface area contributed by atoms with Gasteiger partial charge in [-0.3, -0.25) is 9.97 Å². The van der Waals surface area contributed by atoms with Gasteiger partial charge in [-0.15, -0.1) is 0 Å². The number of epoxide rings is 1. The first-order valence-corrected chi connectivity index (χ1v) is 10.7. The number of benzene rings is 3. The van der Waals surface area contributed by atoms with Crippen molar-refractivity contribution in [1.82, 2.24) is 9.97 Å². The number of aryl methyl sites for hydroxylation is 2. The van der Waals surface area contributed by atoms with Crippen molar-refractivity contribution in [3.8, 4) is 22.3 Å². The molecular formula is C28H22N2O. The summed E-state index contributed by atoms with van der Waals surface area (Å²) in [7, 11) is 0. The van der Waals surface area contributed by atoms with E-state index in [-0.39, 0.29) is 6.10 Å². The van der Waals surface area contributed by atoms with E-state index >= 15 is 0 Å². The topological polar surface area (TPSA) is 38.3 Å². The highest BCUT2D eigenvalue weighted by Gasteiger charge is 2.25. The maximum atomic E-state index is 5.50. The van der Waals surface area contributed by atoms with Crippen LogP contribution in [0.15, 0.2) is 78.9 Å². The average Bonchev–Trinajstić information content (AvgIpc) is 3.64. The normalized spacial score (nSPS) is 15.5. The lowest BCUT2D eigenvalue weighted by Crippen LogP contribution is -1.95. The van der Waals surface area contributed by atoms with Crippen LogP contribution in [0.25, 0.3) is 44.1 Å².